The molecule has 6 rings (SSSR count). The summed E-state index contributed by atoms with van der Waals surface area (Å²) in [5.74, 6) is -3.92. The van der Waals surface area contributed by atoms with E-state index in [0.717, 1.165) is 23.3 Å². The Morgan fingerprint density at radius 3 is 2.38 bits per heavy atom. The maximum absolute atomic E-state index is 13.7. The van der Waals surface area contributed by atoms with Crippen molar-refractivity contribution in [3.63, 3.8) is 0 Å². The van der Waals surface area contributed by atoms with E-state index in [1.807, 2.05) is 24.3 Å². The van der Waals surface area contributed by atoms with Gasteiger partial charge in [-0.1, -0.05) is 54.6 Å². The summed E-state index contributed by atoms with van der Waals surface area (Å²) in [6.07, 6.45) is -2.72. The van der Waals surface area contributed by atoms with Crippen molar-refractivity contribution in [2.24, 2.45) is 0 Å². The molecule has 1 fully saturated rings. The first-order valence-corrected chi connectivity index (χ1v) is 16.5. The summed E-state index contributed by atoms with van der Waals surface area (Å²) in [5.41, 5.74) is 3.61. The highest BCUT2D eigenvalue weighted by molar-refractivity contribution is 5.97. The lowest BCUT2D eigenvalue weighted by Crippen LogP contribution is -2.43. The number of benzene rings is 3. The Balaban J connectivity index is 1.19. The molecule has 0 unspecified atom stereocenters. The van der Waals surface area contributed by atoms with Crippen molar-refractivity contribution in [3.05, 3.63) is 124 Å². The zero-order valence-corrected chi connectivity index (χ0v) is 27.7. The maximum atomic E-state index is 13.7. The largest absolute Gasteiger partial charge is 0.456 e. The van der Waals surface area contributed by atoms with Gasteiger partial charge in [-0.05, 0) is 52.6 Å². The molecule has 3 N–H and O–H groups in total. The molecule has 0 aromatic heterocycles. The number of rotatable bonds is 11. The lowest BCUT2D eigenvalue weighted by Gasteiger charge is -2.30. The molecule has 1 heterocycles. The van der Waals surface area contributed by atoms with Crippen molar-refractivity contribution in [2.45, 2.75) is 56.1 Å². The van der Waals surface area contributed by atoms with Crippen molar-refractivity contribution >= 4 is 29.8 Å². The first kappa shape index (κ1) is 36.5. The molecule has 0 bridgehead atoms. The van der Waals surface area contributed by atoms with Gasteiger partial charge in [-0.2, -0.15) is 13.2 Å². The number of ether oxygens (including phenoxy) is 4. The number of nitrogens with one attached hydrogen (secondary N) is 2. The van der Waals surface area contributed by atoms with Gasteiger partial charge in [0.05, 0.1) is 12.2 Å². The molecule has 3 atom stereocenters. The van der Waals surface area contributed by atoms with Gasteiger partial charge >= 0.3 is 18.1 Å². The number of hydrogen-bond acceptors (Lipinski definition) is 9. The minimum Gasteiger partial charge on any atom is -0.456 e. The van der Waals surface area contributed by atoms with Gasteiger partial charge in [-0.15, -0.1) is 0 Å². The molecule has 1 saturated heterocycles. The van der Waals surface area contributed by atoms with Crippen LogP contribution in [0.4, 0.5) is 13.2 Å². The van der Waals surface area contributed by atoms with E-state index in [1.165, 1.54) is 12.1 Å². The number of carbonyl (C=O) groups excluding carboxylic acids is 4. The lowest BCUT2D eigenvalue weighted by molar-refractivity contribution is -0.182. The van der Waals surface area contributed by atoms with Gasteiger partial charge in [0.2, 0.25) is 5.91 Å². The second-order valence-corrected chi connectivity index (χ2v) is 12.5. The third-order valence-electron chi connectivity index (χ3n) is 8.76. The number of esters is 2. The van der Waals surface area contributed by atoms with Crippen LogP contribution in [0, 0.1) is 0 Å². The first-order chi connectivity index (χ1) is 24.9. The summed E-state index contributed by atoms with van der Waals surface area (Å²) >= 11 is 0. The number of halogens is 3. The van der Waals surface area contributed by atoms with Crippen LogP contribution in [0.2, 0.25) is 0 Å². The van der Waals surface area contributed by atoms with Crippen molar-refractivity contribution in [2.75, 3.05) is 19.8 Å². The third kappa shape index (κ3) is 8.76. The second-order valence-electron chi connectivity index (χ2n) is 12.5. The molecule has 3 aromatic rings. The van der Waals surface area contributed by atoms with Gasteiger partial charge in [0, 0.05) is 49.6 Å². The van der Waals surface area contributed by atoms with Crippen molar-refractivity contribution in [1.82, 2.24) is 10.6 Å². The molecule has 52 heavy (non-hydrogen) atoms. The zero-order chi connectivity index (χ0) is 36.9. The van der Waals surface area contributed by atoms with Crippen LogP contribution in [0.3, 0.4) is 0 Å². The molecular formula is C38H35F3N2O9. The van der Waals surface area contributed by atoms with Crippen LogP contribution < -0.4 is 10.6 Å². The topological polar surface area (TPSA) is 149 Å². The number of alkyl halides is 3. The minimum atomic E-state index is -4.69. The van der Waals surface area contributed by atoms with Crippen LogP contribution in [0.1, 0.15) is 49.4 Å². The maximum Gasteiger partial charge on any atom is 0.422 e. The van der Waals surface area contributed by atoms with Crippen molar-refractivity contribution in [3.8, 4) is 0 Å². The molecule has 11 nitrogen and oxygen atoms in total. The Kier molecular flexibility index (Phi) is 10.9. The number of amides is 2. The number of aliphatic hydroxyl groups excluding tert-OH is 1. The van der Waals surface area contributed by atoms with Crippen molar-refractivity contribution in [1.29, 1.82) is 0 Å². The fourth-order valence-corrected chi connectivity index (χ4v) is 6.44. The average molecular weight is 721 g/mol. The predicted molar refractivity (Wildman–Crippen MR) is 178 cm³/mol. The normalized spacial score (nSPS) is 20.2. The van der Waals surface area contributed by atoms with Crippen molar-refractivity contribution < 1.29 is 56.4 Å². The molecule has 0 saturated carbocycles. The summed E-state index contributed by atoms with van der Waals surface area (Å²) in [6.45, 7) is -1.77. The number of carbonyl (C=O) groups is 4. The Hall–Kier alpha value is -5.31. The summed E-state index contributed by atoms with van der Waals surface area (Å²) in [7, 11) is 0. The molecule has 1 spiro atoms. The fraction of sp³-hybridized carbons (Fsp3) is 0.316. The van der Waals surface area contributed by atoms with Gasteiger partial charge in [-0.3, -0.25) is 9.59 Å². The Morgan fingerprint density at radius 1 is 0.923 bits per heavy atom. The zero-order valence-electron chi connectivity index (χ0n) is 27.7. The molecule has 14 heteroatoms. The highest BCUT2D eigenvalue weighted by Crippen LogP contribution is 2.45. The van der Waals surface area contributed by atoms with Gasteiger partial charge in [0.25, 0.3) is 5.91 Å². The molecule has 1 aliphatic heterocycles. The van der Waals surface area contributed by atoms with Crippen LogP contribution in [0.5, 0.6) is 0 Å². The first-order valence-electron chi connectivity index (χ1n) is 16.5. The van der Waals surface area contributed by atoms with Crippen LogP contribution in [-0.2, 0) is 47.9 Å². The smallest absolute Gasteiger partial charge is 0.422 e. The number of aliphatic hydroxyl groups is 1. The van der Waals surface area contributed by atoms with E-state index in [9.17, 15) is 32.3 Å². The van der Waals surface area contributed by atoms with Gasteiger partial charge in [0.15, 0.2) is 12.4 Å². The van der Waals surface area contributed by atoms with Gasteiger partial charge in [0.1, 0.15) is 18.3 Å². The highest BCUT2D eigenvalue weighted by Gasteiger charge is 2.55. The summed E-state index contributed by atoms with van der Waals surface area (Å²) in [4.78, 5) is 51.5. The van der Waals surface area contributed by atoms with Gasteiger partial charge < -0.3 is 34.7 Å². The average Bonchev–Trinajstić information content (AvgIpc) is 3.68. The molecular weight excluding hydrogens is 685 g/mol. The lowest BCUT2D eigenvalue weighted by atomic mass is 9.91. The molecule has 2 amide bonds. The summed E-state index contributed by atoms with van der Waals surface area (Å²) in [6, 6.07) is 20.5. The van der Waals surface area contributed by atoms with E-state index in [2.05, 4.69) is 15.4 Å². The van der Waals surface area contributed by atoms with E-state index < -0.39 is 54.7 Å². The third-order valence-corrected chi connectivity index (χ3v) is 8.76. The van der Waals surface area contributed by atoms with E-state index >= 15 is 0 Å². The monoisotopic (exact) mass is 720 g/mol. The quantitative estimate of drug-likeness (QED) is 0.198. The molecule has 3 aromatic carbocycles. The molecule has 3 aliphatic rings. The highest BCUT2D eigenvalue weighted by atomic mass is 19.4. The van der Waals surface area contributed by atoms with Crippen LogP contribution in [0.15, 0.2) is 90.5 Å². The summed E-state index contributed by atoms with van der Waals surface area (Å²) in [5, 5.41) is 14.4. The Bertz CT molecular complexity index is 1880. The molecule has 0 radical (unpaired) electrons. The Morgan fingerprint density at radius 2 is 1.65 bits per heavy atom. The van der Waals surface area contributed by atoms with E-state index in [-0.39, 0.29) is 48.7 Å². The summed E-state index contributed by atoms with van der Waals surface area (Å²) < 4.78 is 60.7. The van der Waals surface area contributed by atoms with Crippen LogP contribution >= 0.6 is 0 Å². The van der Waals surface area contributed by atoms with E-state index in [1.54, 1.807) is 42.5 Å². The Labute approximate surface area is 296 Å². The number of hydrogen-bond donors (Lipinski definition) is 3. The minimum absolute atomic E-state index is 0.0179. The van der Waals surface area contributed by atoms with Gasteiger partial charge in [-0.25, -0.2) is 9.59 Å². The van der Waals surface area contributed by atoms with E-state index in [4.69, 9.17) is 19.3 Å². The standard InChI is InChI=1S/C38H35F3N2O9/c39-38(40,41)22-49-32(45)13-12-24-7-3-4-11-29(24)36(48)50-30-17-28(35(47)43-21-23-6-5-10-25(16-23)34(46)42-14-15-44)18-31-33(30)52-37(51-31)19-26-8-1-2-9-27(26)20-37/h1-13,16,18,30-31,33,44H,14-15,17,19-22H2,(H,42,46)(H,43,47)/t30-,31-,33+/m1/s1. The fourth-order valence-electron chi connectivity index (χ4n) is 6.44. The van der Waals surface area contributed by atoms with Crippen LogP contribution in [0.25, 0.3) is 6.08 Å². The second kappa shape index (κ2) is 15.5. The number of fused-ring (bicyclic) bond motifs is 2. The van der Waals surface area contributed by atoms with Crippen LogP contribution in [-0.4, -0.2) is 78.9 Å². The SMILES string of the molecule is O=C(C=Cc1ccccc1C(=O)O[C@@H]1CC(C(=O)NCc2cccc(C(=O)NCCO)c2)=C[C@H]2OC3(Cc4ccccc4C3)O[C@H]21)OCC(F)(F)F. The molecule has 2 aliphatic carbocycles. The van der Waals surface area contributed by atoms with E-state index in [0.29, 0.717) is 24.0 Å². The predicted octanol–water partition coefficient (Wildman–Crippen LogP) is 3.98. The molecule has 272 valence electrons.